The van der Waals surface area contributed by atoms with Gasteiger partial charge < -0.3 is 9.53 Å². The highest BCUT2D eigenvalue weighted by Crippen LogP contribution is 2.41. The summed E-state index contributed by atoms with van der Waals surface area (Å²) in [5.74, 6) is -1.23. The van der Waals surface area contributed by atoms with Gasteiger partial charge >= 0.3 is 0 Å². The quantitative estimate of drug-likeness (QED) is 0.370. The van der Waals surface area contributed by atoms with Gasteiger partial charge in [-0.05, 0) is 12.0 Å². The topological polar surface area (TPSA) is 72.5 Å². The van der Waals surface area contributed by atoms with Crippen LogP contribution < -0.4 is 5.32 Å². The maximum atomic E-state index is 11.6. The predicted molar refractivity (Wildman–Crippen MR) is 52.2 cm³/mol. The summed E-state index contributed by atoms with van der Waals surface area (Å²) in [6.07, 6.45) is 2.98. The molecule has 2 amide bonds. The molecule has 0 aromatic carbocycles. The van der Waals surface area contributed by atoms with Gasteiger partial charge in [0, 0.05) is 6.42 Å². The minimum absolute atomic E-state index is 0.219. The van der Waals surface area contributed by atoms with Gasteiger partial charge in [0.25, 0.3) is 0 Å². The average molecular weight is 221 g/mol. The Bertz CT molecular complexity index is 414. The van der Waals surface area contributed by atoms with Crippen LogP contribution in [0.25, 0.3) is 0 Å². The number of hydrogen-bond acceptors (Lipinski definition) is 4. The number of allylic oxidation sites excluding steroid dienone is 1. The molecule has 0 bridgehead atoms. The summed E-state index contributed by atoms with van der Waals surface area (Å²) in [5, 5.41) is 2.32. The van der Waals surface area contributed by atoms with Crippen LogP contribution in [0.2, 0.25) is 0 Å². The number of fused-ring (bicyclic) bond motifs is 3. The molecule has 0 aromatic rings. The Hall–Kier alpha value is -1.49. The Morgan fingerprint density at radius 3 is 2.94 bits per heavy atom. The molecule has 4 atom stereocenters. The largest absolute Gasteiger partial charge is 0.362 e. The van der Waals surface area contributed by atoms with Crippen LogP contribution in [0.1, 0.15) is 12.8 Å². The molecule has 84 valence electrons. The van der Waals surface area contributed by atoms with E-state index in [0.29, 0.717) is 12.8 Å². The highest BCUT2D eigenvalue weighted by atomic mass is 16.5. The van der Waals surface area contributed by atoms with E-state index in [2.05, 4.69) is 5.32 Å². The fraction of sp³-hybridized carbons (Fsp3) is 0.545. The van der Waals surface area contributed by atoms with Crippen molar-refractivity contribution in [1.82, 2.24) is 5.32 Å². The summed E-state index contributed by atoms with van der Waals surface area (Å²) >= 11 is 0. The molecular weight excluding hydrogens is 210 g/mol. The Labute approximate surface area is 91.8 Å². The minimum atomic E-state index is -0.460. The lowest BCUT2D eigenvalue weighted by atomic mass is 9.79. The number of nitrogens with one attached hydrogen (secondary N) is 1. The van der Waals surface area contributed by atoms with E-state index in [0.717, 1.165) is 11.9 Å². The number of imide groups is 1. The van der Waals surface area contributed by atoms with Gasteiger partial charge in [-0.3, -0.25) is 14.9 Å². The van der Waals surface area contributed by atoms with E-state index in [1.807, 2.05) is 6.08 Å². The molecule has 0 radical (unpaired) electrons. The second-order valence-electron chi connectivity index (χ2n) is 4.44. The molecular formula is C11H11NO4. The molecule has 2 fully saturated rings. The first-order valence-electron chi connectivity index (χ1n) is 5.35. The molecule has 5 heteroatoms. The van der Waals surface area contributed by atoms with Gasteiger partial charge in [-0.15, -0.1) is 0 Å². The third-order valence-electron chi connectivity index (χ3n) is 3.56. The molecule has 3 aliphatic rings. The van der Waals surface area contributed by atoms with Crippen LogP contribution >= 0.6 is 0 Å². The van der Waals surface area contributed by atoms with Crippen LogP contribution in [0.5, 0.6) is 0 Å². The number of rotatable bonds is 1. The molecule has 1 N–H and O–H groups in total. The fourth-order valence-corrected chi connectivity index (χ4v) is 2.79. The van der Waals surface area contributed by atoms with Crippen molar-refractivity contribution in [3.8, 4) is 0 Å². The zero-order chi connectivity index (χ0) is 11.3. The fourth-order valence-electron chi connectivity index (χ4n) is 2.79. The van der Waals surface area contributed by atoms with E-state index in [9.17, 15) is 14.4 Å². The van der Waals surface area contributed by atoms with Gasteiger partial charge in [0.15, 0.2) is 0 Å². The molecule has 1 unspecified atom stereocenters. The molecule has 0 saturated carbocycles. The van der Waals surface area contributed by atoms with Gasteiger partial charge in [-0.25, -0.2) is 0 Å². The van der Waals surface area contributed by atoms with Gasteiger partial charge in [-0.2, -0.15) is 0 Å². The first kappa shape index (κ1) is 9.72. The lowest BCUT2D eigenvalue weighted by molar-refractivity contribution is -0.130. The molecule has 1 aliphatic carbocycles. The lowest BCUT2D eigenvalue weighted by Crippen LogP contribution is -2.35. The molecule has 2 aliphatic heterocycles. The van der Waals surface area contributed by atoms with Crippen molar-refractivity contribution in [2.24, 2.45) is 11.8 Å². The zero-order valence-electron chi connectivity index (χ0n) is 8.51. The number of carbonyl (C=O) groups is 3. The van der Waals surface area contributed by atoms with Crippen molar-refractivity contribution < 1.29 is 19.1 Å². The highest BCUT2D eigenvalue weighted by molar-refractivity contribution is 6.06. The smallest absolute Gasteiger partial charge is 0.233 e. The van der Waals surface area contributed by atoms with Crippen LogP contribution in [0.4, 0.5) is 0 Å². The van der Waals surface area contributed by atoms with Crippen LogP contribution in [0, 0.1) is 11.8 Å². The van der Waals surface area contributed by atoms with Crippen molar-refractivity contribution in [3.05, 3.63) is 11.6 Å². The summed E-state index contributed by atoms with van der Waals surface area (Å²) in [7, 11) is 0. The summed E-state index contributed by atoms with van der Waals surface area (Å²) in [6, 6.07) is 0. The average Bonchev–Trinajstić information content (AvgIpc) is 2.80. The number of carbonyl (C=O) groups excluding carboxylic acids is 3. The molecule has 16 heavy (non-hydrogen) atoms. The van der Waals surface area contributed by atoms with E-state index < -0.39 is 12.0 Å². The normalized spacial score (nSPS) is 41.1. The second kappa shape index (κ2) is 3.25. The van der Waals surface area contributed by atoms with Gasteiger partial charge in [0.1, 0.15) is 12.4 Å². The van der Waals surface area contributed by atoms with E-state index in [1.54, 1.807) is 0 Å². The summed E-state index contributed by atoms with van der Waals surface area (Å²) in [5.41, 5.74) is 0.989. The Morgan fingerprint density at radius 2 is 2.19 bits per heavy atom. The van der Waals surface area contributed by atoms with E-state index in [4.69, 9.17) is 4.74 Å². The monoisotopic (exact) mass is 221 g/mol. The second-order valence-corrected chi connectivity index (χ2v) is 4.44. The summed E-state index contributed by atoms with van der Waals surface area (Å²) in [4.78, 5) is 33.8. The van der Waals surface area contributed by atoms with Crippen molar-refractivity contribution in [2.45, 2.75) is 25.0 Å². The number of amides is 2. The molecule has 2 heterocycles. The lowest BCUT2D eigenvalue weighted by Gasteiger charge is -2.25. The van der Waals surface area contributed by atoms with Crippen LogP contribution in [0.3, 0.4) is 0 Å². The van der Waals surface area contributed by atoms with Gasteiger partial charge in [-0.1, -0.05) is 6.08 Å². The van der Waals surface area contributed by atoms with Crippen molar-refractivity contribution in [3.63, 3.8) is 0 Å². The first-order chi connectivity index (χ1) is 7.70. The van der Waals surface area contributed by atoms with Gasteiger partial charge in [0.05, 0.1) is 17.9 Å². The third-order valence-corrected chi connectivity index (χ3v) is 3.56. The molecule has 0 spiro atoms. The van der Waals surface area contributed by atoms with Crippen LogP contribution in [-0.4, -0.2) is 30.3 Å². The Morgan fingerprint density at radius 1 is 1.38 bits per heavy atom. The van der Waals surface area contributed by atoms with Crippen molar-refractivity contribution in [2.75, 3.05) is 0 Å². The maximum absolute atomic E-state index is 11.6. The number of aldehydes is 1. The van der Waals surface area contributed by atoms with Crippen LogP contribution in [0.15, 0.2) is 11.6 Å². The van der Waals surface area contributed by atoms with Crippen molar-refractivity contribution >= 4 is 18.1 Å². The molecule has 3 rings (SSSR count). The van der Waals surface area contributed by atoms with E-state index >= 15 is 0 Å². The first-order valence-corrected chi connectivity index (χ1v) is 5.35. The number of ether oxygens (including phenoxy) is 1. The van der Waals surface area contributed by atoms with E-state index in [-0.39, 0.29) is 23.8 Å². The third kappa shape index (κ3) is 1.18. The van der Waals surface area contributed by atoms with E-state index in [1.165, 1.54) is 0 Å². The van der Waals surface area contributed by atoms with Crippen molar-refractivity contribution in [1.29, 1.82) is 0 Å². The van der Waals surface area contributed by atoms with Crippen LogP contribution in [-0.2, 0) is 19.1 Å². The molecule has 2 saturated heterocycles. The zero-order valence-corrected chi connectivity index (χ0v) is 8.51. The summed E-state index contributed by atoms with van der Waals surface area (Å²) < 4.78 is 5.50. The Balaban J connectivity index is 1.94. The SMILES string of the molecule is O=CC1CC2=CC[C@H]3C(=O)NC(=O)[C@H]3[C@H]2O1. The van der Waals surface area contributed by atoms with Gasteiger partial charge in [0.2, 0.25) is 11.8 Å². The Kier molecular flexibility index (Phi) is 1.97. The molecule has 0 aromatic heterocycles. The summed E-state index contributed by atoms with van der Waals surface area (Å²) in [6.45, 7) is 0. The maximum Gasteiger partial charge on any atom is 0.233 e. The predicted octanol–water partition coefficient (Wildman–Crippen LogP) is -0.438. The standard InChI is InChI=1S/C11H11NO4/c13-4-6-3-5-1-2-7-8(9(5)16-6)11(15)12-10(7)14/h1,4,6-9H,2-3H2,(H,12,14,15)/t6?,7-,8-,9+/m1/s1. The number of hydrogen-bond donors (Lipinski definition) is 1. The molecule has 5 nitrogen and oxygen atoms in total. The highest BCUT2D eigenvalue weighted by Gasteiger charge is 2.51. The minimum Gasteiger partial charge on any atom is -0.362 e.